The van der Waals surface area contributed by atoms with Crippen LogP contribution in [0, 0.1) is 12.7 Å². The highest BCUT2D eigenvalue weighted by Gasteiger charge is 2.23. The van der Waals surface area contributed by atoms with Crippen molar-refractivity contribution in [3.8, 4) is 11.4 Å². The van der Waals surface area contributed by atoms with Crippen molar-refractivity contribution >= 4 is 11.6 Å². The van der Waals surface area contributed by atoms with Gasteiger partial charge in [0.15, 0.2) is 11.8 Å². The third-order valence-electron chi connectivity index (χ3n) is 5.58. The van der Waals surface area contributed by atoms with E-state index in [4.69, 9.17) is 4.99 Å². The molecule has 1 fully saturated rings. The molecule has 0 saturated carbocycles. The Morgan fingerprint density at radius 2 is 2.19 bits per heavy atom. The van der Waals surface area contributed by atoms with Crippen molar-refractivity contribution in [2.45, 2.75) is 39.3 Å². The minimum absolute atomic E-state index is 0.163. The first-order chi connectivity index (χ1) is 15.6. The minimum Gasteiger partial charge on any atom is -0.367 e. The molecule has 1 saturated heterocycles. The first-order valence-electron chi connectivity index (χ1n) is 11.1. The van der Waals surface area contributed by atoms with E-state index in [1.54, 1.807) is 6.07 Å². The van der Waals surface area contributed by atoms with E-state index in [9.17, 15) is 4.39 Å². The molecule has 0 spiro atoms. The Labute approximate surface area is 188 Å². The van der Waals surface area contributed by atoms with E-state index in [-0.39, 0.29) is 11.9 Å². The van der Waals surface area contributed by atoms with Crippen molar-refractivity contribution < 1.29 is 4.39 Å². The van der Waals surface area contributed by atoms with Crippen LogP contribution in [0.25, 0.3) is 11.4 Å². The summed E-state index contributed by atoms with van der Waals surface area (Å²) in [7, 11) is 0. The van der Waals surface area contributed by atoms with Gasteiger partial charge in [0.05, 0.1) is 12.2 Å². The lowest BCUT2D eigenvalue weighted by molar-refractivity contribution is 0.462. The van der Waals surface area contributed by atoms with Crippen LogP contribution in [0.2, 0.25) is 0 Å². The van der Waals surface area contributed by atoms with Crippen molar-refractivity contribution in [2.24, 2.45) is 4.99 Å². The second kappa shape index (κ2) is 10.3. The number of aromatic nitrogens is 3. The van der Waals surface area contributed by atoms with Crippen LogP contribution in [0.5, 0.6) is 0 Å². The van der Waals surface area contributed by atoms with Gasteiger partial charge < -0.3 is 15.5 Å². The monoisotopic (exact) mass is 435 g/mol. The van der Waals surface area contributed by atoms with Crippen LogP contribution in [0.3, 0.4) is 0 Å². The van der Waals surface area contributed by atoms with Gasteiger partial charge in [-0.15, -0.1) is 0 Å². The van der Waals surface area contributed by atoms with Crippen LogP contribution in [0.1, 0.15) is 30.9 Å². The number of aryl methyl sites for hydroxylation is 1. The van der Waals surface area contributed by atoms with E-state index >= 15 is 0 Å². The van der Waals surface area contributed by atoms with E-state index in [0.717, 1.165) is 61.0 Å². The number of H-pyrrole nitrogens is 1. The van der Waals surface area contributed by atoms with Crippen LogP contribution >= 0.6 is 0 Å². The Hall–Kier alpha value is -3.42. The molecule has 168 valence electrons. The summed E-state index contributed by atoms with van der Waals surface area (Å²) in [4.78, 5) is 11.1. The van der Waals surface area contributed by atoms with E-state index in [2.05, 4.69) is 49.8 Å². The van der Waals surface area contributed by atoms with Crippen LogP contribution < -0.4 is 15.5 Å². The molecule has 4 rings (SSSR count). The van der Waals surface area contributed by atoms with Crippen LogP contribution in [-0.4, -0.2) is 46.8 Å². The molecule has 1 aliphatic heterocycles. The van der Waals surface area contributed by atoms with Crippen LogP contribution in [0.15, 0.2) is 53.8 Å². The van der Waals surface area contributed by atoms with Crippen molar-refractivity contribution in [2.75, 3.05) is 24.5 Å². The summed E-state index contributed by atoms with van der Waals surface area (Å²) in [6, 6.07) is 13.6. The molecule has 3 N–H and O–H groups in total. The number of nitrogens with one attached hydrogen (secondary N) is 3. The maximum absolute atomic E-state index is 14.4. The average Bonchev–Trinajstić information content (AvgIpc) is 3.35. The number of aliphatic imine (C=N–C) groups is 1. The Morgan fingerprint density at radius 3 is 3.00 bits per heavy atom. The van der Waals surface area contributed by atoms with E-state index < -0.39 is 0 Å². The molecule has 1 unspecified atom stereocenters. The zero-order valence-corrected chi connectivity index (χ0v) is 18.6. The molecule has 32 heavy (non-hydrogen) atoms. The van der Waals surface area contributed by atoms with Gasteiger partial charge in [0.2, 0.25) is 0 Å². The summed E-state index contributed by atoms with van der Waals surface area (Å²) in [5, 5.41) is 13.7. The summed E-state index contributed by atoms with van der Waals surface area (Å²) in [6.07, 6.45) is 3.53. The summed E-state index contributed by atoms with van der Waals surface area (Å²) in [6.45, 7) is 6.96. The molecule has 1 atom stereocenters. The molecule has 0 amide bonds. The Bertz CT molecular complexity index is 1050. The first kappa shape index (κ1) is 21.8. The maximum atomic E-state index is 14.4. The molecule has 2 aromatic carbocycles. The molecule has 0 aliphatic carbocycles. The normalized spacial score (nSPS) is 16.8. The van der Waals surface area contributed by atoms with Gasteiger partial charge in [0.1, 0.15) is 12.1 Å². The fourth-order valence-corrected chi connectivity index (χ4v) is 4.02. The molecule has 7 nitrogen and oxygen atoms in total. The Kier molecular flexibility index (Phi) is 6.99. The Morgan fingerprint density at radius 1 is 1.28 bits per heavy atom. The fourth-order valence-electron chi connectivity index (χ4n) is 4.02. The van der Waals surface area contributed by atoms with Crippen LogP contribution in [-0.2, 0) is 6.54 Å². The van der Waals surface area contributed by atoms with Gasteiger partial charge in [-0.1, -0.05) is 24.3 Å². The van der Waals surface area contributed by atoms with Gasteiger partial charge in [0.25, 0.3) is 0 Å². The van der Waals surface area contributed by atoms with Gasteiger partial charge in [-0.25, -0.2) is 14.4 Å². The van der Waals surface area contributed by atoms with Crippen molar-refractivity contribution in [3.63, 3.8) is 0 Å². The third kappa shape index (κ3) is 5.43. The zero-order chi connectivity index (χ0) is 22.3. The maximum Gasteiger partial charge on any atom is 0.191 e. The summed E-state index contributed by atoms with van der Waals surface area (Å²) in [5.41, 5.74) is 3.82. The first-order valence-corrected chi connectivity index (χ1v) is 11.1. The minimum atomic E-state index is -0.163. The molecule has 8 heteroatoms. The highest BCUT2D eigenvalue weighted by atomic mass is 19.1. The van der Waals surface area contributed by atoms with Crippen molar-refractivity contribution in [1.82, 2.24) is 25.8 Å². The van der Waals surface area contributed by atoms with Gasteiger partial charge >= 0.3 is 0 Å². The molecular weight excluding hydrogens is 405 g/mol. The molecule has 1 aromatic heterocycles. The van der Waals surface area contributed by atoms with E-state index in [1.165, 1.54) is 6.33 Å². The lowest BCUT2D eigenvalue weighted by Gasteiger charge is -2.35. The quantitative estimate of drug-likeness (QED) is 0.407. The summed E-state index contributed by atoms with van der Waals surface area (Å²) >= 11 is 0. The molecule has 1 aliphatic rings. The van der Waals surface area contributed by atoms with Crippen molar-refractivity contribution in [1.29, 1.82) is 0 Å². The largest absolute Gasteiger partial charge is 0.367 e. The number of rotatable bonds is 6. The number of guanidine groups is 1. The summed E-state index contributed by atoms with van der Waals surface area (Å²) < 4.78 is 14.4. The number of hydrogen-bond donors (Lipinski definition) is 3. The topological polar surface area (TPSA) is 81.2 Å². The number of halogens is 1. The third-order valence-corrected chi connectivity index (χ3v) is 5.58. The second-order valence-corrected chi connectivity index (χ2v) is 8.11. The number of piperidine rings is 1. The smallest absolute Gasteiger partial charge is 0.191 e. The summed E-state index contributed by atoms with van der Waals surface area (Å²) in [5.74, 6) is 1.35. The molecule has 0 radical (unpaired) electrons. The van der Waals surface area contributed by atoms with Gasteiger partial charge in [-0.3, -0.25) is 5.10 Å². The van der Waals surface area contributed by atoms with Crippen molar-refractivity contribution in [3.05, 3.63) is 65.7 Å². The SMILES string of the molecule is CCNC(=NCc1cccc(-c2ncn[nH]2)c1)NC1CCCN(c2cc(C)ccc2F)C1. The lowest BCUT2D eigenvalue weighted by atomic mass is 10.0. The van der Waals surface area contributed by atoms with E-state index in [0.29, 0.717) is 12.2 Å². The highest BCUT2D eigenvalue weighted by molar-refractivity contribution is 5.80. The molecule has 3 aromatic rings. The van der Waals surface area contributed by atoms with Crippen LogP contribution in [0.4, 0.5) is 10.1 Å². The highest BCUT2D eigenvalue weighted by Crippen LogP contribution is 2.24. The second-order valence-electron chi connectivity index (χ2n) is 8.11. The molecule has 2 heterocycles. The average molecular weight is 436 g/mol. The van der Waals surface area contributed by atoms with E-state index in [1.807, 2.05) is 31.2 Å². The number of aromatic amines is 1. The van der Waals surface area contributed by atoms with Gasteiger partial charge in [0, 0.05) is 31.2 Å². The van der Waals surface area contributed by atoms with Gasteiger partial charge in [-0.05, 0) is 56.0 Å². The number of benzene rings is 2. The fraction of sp³-hybridized carbons (Fsp3) is 0.375. The molecular formula is C24H30FN7. The van der Waals surface area contributed by atoms with Gasteiger partial charge in [-0.2, -0.15) is 5.10 Å². The predicted molar refractivity (Wildman–Crippen MR) is 126 cm³/mol. The standard InChI is InChI=1S/C24H30FN7/c1-3-26-24(27-14-18-6-4-7-19(13-18)23-28-16-29-31-23)30-20-8-5-11-32(15-20)22-12-17(2)9-10-21(22)25/h4,6-7,9-10,12-13,16,20H,3,5,8,11,14-15H2,1-2H3,(H2,26,27,30)(H,28,29,31). The Balaban J connectivity index is 1.43. The number of nitrogens with zero attached hydrogens (tertiary/aromatic N) is 4. The number of anilines is 1. The zero-order valence-electron chi connectivity index (χ0n) is 18.6. The molecule has 0 bridgehead atoms. The number of hydrogen-bond acceptors (Lipinski definition) is 4. The predicted octanol–water partition coefficient (Wildman–Crippen LogP) is 3.64. The lowest BCUT2D eigenvalue weighted by Crippen LogP contribution is -2.51.